The molecule has 0 spiro atoms. The Morgan fingerprint density at radius 1 is 0.860 bits per heavy atom. The van der Waals surface area contributed by atoms with E-state index in [1.54, 1.807) is 12.1 Å². The van der Waals surface area contributed by atoms with Crippen LogP contribution in [0.25, 0.3) is 0 Å². The van der Waals surface area contributed by atoms with Gasteiger partial charge in [-0.2, -0.15) is 0 Å². The number of hydrogen-bond acceptors (Lipinski definition) is 6. The molecule has 0 aromatic heterocycles. The lowest BCUT2D eigenvalue weighted by Gasteiger charge is -2.43. The normalized spacial score (nSPS) is 21.7. The molecule has 0 aliphatic carbocycles. The molecule has 4 aromatic rings. The number of rotatable bonds is 10. The molecular weight excluding hydrogens is 540 g/mol. The van der Waals surface area contributed by atoms with Gasteiger partial charge in [-0.3, -0.25) is 9.69 Å². The van der Waals surface area contributed by atoms with Gasteiger partial charge >= 0.3 is 0 Å². The molecule has 4 aromatic carbocycles. The largest absolute Gasteiger partial charge is 0.392 e. The number of anilines is 1. The Bertz CT molecular complexity index is 1450. The summed E-state index contributed by atoms with van der Waals surface area (Å²) in [6, 6.07) is 34.0. The molecule has 0 unspecified atom stereocenters. The molecule has 1 aliphatic heterocycles. The number of aliphatic hydroxyl groups excluding tert-OH is 2. The van der Waals surface area contributed by atoms with Gasteiger partial charge in [0.25, 0.3) is 5.91 Å². The summed E-state index contributed by atoms with van der Waals surface area (Å²) in [5.41, 5.74) is 4.84. The first-order valence-electron chi connectivity index (χ1n) is 14.7. The maximum Gasteiger partial charge on any atom is 0.255 e. The van der Waals surface area contributed by atoms with Gasteiger partial charge in [-0.15, -0.1) is 0 Å². The molecule has 0 bridgehead atoms. The Hall–Kier alpha value is -3.85. The van der Waals surface area contributed by atoms with Crippen molar-refractivity contribution >= 4 is 11.6 Å². The Morgan fingerprint density at radius 3 is 2.09 bits per heavy atom. The van der Waals surface area contributed by atoms with E-state index in [4.69, 9.17) is 9.47 Å². The Morgan fingerprint density at radius 2 is 1.47 bits per heavy atom. The average Bonchev–Trinajstić information content (AvgIpc) is 3.06. The Kier molecular flexibility index (Phi) is 10.0. The van der Waals surface area contributed by atoms with Crippen LogP contribution in [0.15, 0.2) is 109 Å². The van der Waals surface area contributed by atoms with E-state index in [-0.39, 0.29) is 36.7 Å². The molecule has 5 rings (SSSR count). The van der Waals surface area contributed by atoms with Gasteiger partial charge < -0.3 is 25.0 Å². The van der Waals surface area contributed by atoms with Crippen LogP contribution in [0, 0.1) is 5.92 Å². The minimum atomic E-state index is -0.641. The molecule has 224 valence electrons. The predicted octanol–water partition coefficient (Wildman–Crippen LogP) is 6.28. The van der Waals surface area contributed by atoms with Gasteiger partial charge in [0.2, 0.25) is 0 Å². The molecule has 6 atom stereocenters. The molecule has 3 N–H and O–H groups in total. The fourth-order valence-corrected chi connectivity index (χ4v) is 5.46. The van der Waals surface area contributed by atoms with E-state index in [2.05, 4.69) is 17.1 Å². The number of likely N-dealkylation sites (N-methyl/N-ethyl adjacent to an activating group) is 1. The molecule has 43 heavy (non-hydrogen) atoms. The summed E-state index contributed by atoms with van der Waals surface area (Å²) < 4.78 is 13.2. The molecule has 0 saturated carbocycles. The predicted molar refractivity (Wildman–Crippen MR) is 167 cm³/mol. The smallest absolute Gasteiger partial charge is 0.255 e. The molecular formula is C36H40N2O5. The molecule has 1 fully saturated rings. The molecule has 7 heteroatoms. The number of benzene rings is 4. The first kappa shape index (κ1) is 30.6. The van der Waals surface area contributed by atoms with Crippen LogP contribution in [0.2, 0.25) is 0 Å². The quantitative estimate of drug-likeness (QED) is 0.205. The van der Waals surface area contributed by atoms with Crippen LogP contribution in [0.3, 0.4) is 0 Å². The SMILES string of the molecule is C[C@H]1[C@@H](CN(C)[C@H](C)[C@@H](O)c2ccccc2)O[C@@H](c2ccc(NC(=O)c3ccccc3)cc2)O[C@H]1c1ccc(CO)cc1. The van der Waals surface area contributed by atoms with Crippen molar-refractivity contribution < 1.29 is 24.5 Å². The summed E-state index contributed by atoms with van der Waals surface area (Å²) in [7, 11) is 2.01. The number of nitrogens with one attached hydrogen (secondary N) is 1. The second-order valence-electron chi connectivity index (χ2n) is 11.3. The van der Waals surface area contributed by atoms with Crippen LogP contribution in [0.4, 0.5) is 5.69 Å². The van der Waals surface area contributed by atoms with Crippen LogP contribution < -0.4 is 5.32 Å². The van der Waals surface area contributed by atoms with Crippen molar-refractivity contribution in [3.8, 4) is 0 Å². The number of amides is 1. The zero-order chi connectivity index (χ0) is 30.3. The third kappa shape index (κ3) is 7.39. The van der Waals surface area contributed by atoms with Crippen molar-refractivity contribution in [2.45, 2.75) is 51.1 Å². The fourth-order valence-electron chi connectivity index (χ4n) is 5.46. The fraction of sp³-hybridized carbons (Fsp3) is 0.306. The lowest BCUT2D eigenvalue weighted by Crippen LogP contribution is -2.46. The van der Waals surface area contributed by atoms with Crippen LogP contribution in [-0.2, 0) is 16.1 Å². The van der Waals surface area contributed by atoms with E-state index < -0.39 is 12.4 Å². The van der Waals surface area contributed by atoms with Crippen molar-refractivity contribution in [3.05, 3.63) is 137 Å². The van der Waals surface area contributed by atoms with Gasteiger partial charge in [-0.1, -0.05) is 91.9 Å². The van der Waals surface area contributed by atoms with Crippen molar-refractivity contribution in [3.63, 3.8) is 0 Å². The molecule has 0 radical (unpaired) electrons. The van der Waals surface area contributed by atoms with Crippen LogP contribution >= 0.6 is 0 Å². The van der Waals surface area contributed by atoms with E-state index in [0.717, 1.165) is 22.3 Å². The maximum atomic E-state index is 12.6. The van der Waals surface area contributed by atoms with Crippen LogP contribution in [-0.4, -0.2) is 46.8 Å². The number of carbonyl (C=O) groups is 1. The third-order valence-electron chi connectivity index (χ3n) is 8.36. The zero-order valence-electron chi connectivity index (χ0n) is 24.8. The van der Waals surface area contributed by atoms with E-state index in [1.807, 2.05) is 111 Å². The zero-order valence-corrected chi connectivity index (χ0v) is 24.8. The highest BCUT2D eigenvalue weighted by Crippen LogP contribution is 2.42. The lowest BCUT2D eigenvalue weighted by atomic mass is 9.89. The highest BCUT2D eigenvalue weighted by Gasteiger charge is 2.39. The number of ether oxygens (including phenoxy) is 2. The number of nitrogens with zero attached hydrogens (tertiary/aromatic N) is 1. The maximum absolute atomic E-state index is 12.6. The van der Waals surface area contributed by atoms with Gasteiger partial charge in [0.15, 0.2) is 6.29 Å². The van der Waals surface area contributed by atoms with Gasteiger partial charge in [0.05, 0.1) is 24.9 Å². The minimum absolute atomic E-state index is 0.00387. The monoisotopic (exact) mass is 580 g/mol. The third-order valence-corrected chi connectivity index (χ3v) is 8.36. The Labute approximate surface area is 253 Å². The van der Waals surface area contributed by atoms with Gasteiger partial charge in [-0.25, -0.2) is 0 Å². The molecule has 1 heterocycles. The molecule has 1 saturated heterocycles. The minimum Gasteiger partial charge on any atom is -0.392 e. The van der Waals surface area contributed by atoms with Gasteiger partial charge in [-0.05, 0) is 54.9 Å². The first-order valence-corrected chi connectivity index (χ1v) is 14.7. The van der Waals surface area contributed by atoms with E-state index in [1.165, 1.54) is 0 Å². The second kappa shape index (κ2) is 14.1. The van der Waals surface area contributed by atoms with E-state index in [0.29, 0.717) is 17.8 Å². The summed E-state index contributed by atoms with van der Waals surface area (Å²) >= 11 is 0. The summed E-state index contributed by atoms with van der Waals surface area (Å²) in [5.74, 6) is -0.169. The summed E-state index contributed by atoms with van der Waals surface area (Å²) in [5, 5.41) is 23.5. The molecule has 7 nitrogen and oxygen atoms in total. The van der Waals surface area contributed by atoms with Crippen molar-refractivity contribution in [2.75, 3.05) is 18.9 Å². The highest BCUT2D eigenvalue weighted by atomic mass is 16.7. The van der Waals surface area contributed by atoms with E-state index >= 15 is 0 Å². The number of carbonyl (C=O) groups excluding carboxylic acids is 1. The molecule has 1 amide bonds. The van der Waals surface area contributed by atoms with Crippen LogP contribution in [0.5, 0.6) is 0 Å². The molecule has 1 aliphatic rings. The average molecular weight is 581 g/mol. The number of hydrogen-bond donors (Lipinski definition) is 3. The van der Waals surface area contributed by atoms with Crippen molar-refractivity contribution in [2.24, 2.45) is 5.92 Å². The van der Waals surface area contributed by atoms with Gasteiger partial charge in [0.1, 0.15) is 0 Å². The topological polar surface area (TPSA) is 91.3 Å². The van der Waals surface area contributed by atoms with Gasteiger partial charge in [0, 0.05) is 35.3 Å². The lowest BCUT2D eigenvalue weighted by molar-refractivity contribution is -0.276. The van der Waals surface area contributed by atoms with Crippen LogP contribution in [0.1, 0.15) is 65.0 Å². The first-order chi connectivity index (χ1) is 20.8. The summed E-state index contributed by atoms with van der Waals surface area (Å²) in [6.45, 7) is 4.71. The second-order valence-corrected chi connectivity index (χ2v) is 11.3. The summed E-state index contributed by atoms with van der Waals surface area (Å²) in [6.07, 6.45) is -1.73. The van der Waals surface area contributed by atoms with E-state index in [9.17, 15) is 15.0 Å². The summed E-state index contributed by atoms with van der Waals surface area (Å²) in [4.78, 5) is 14.8. The van der Waals surface area contributed by atoms with Crippen molar-refractivity contribution in [1.82, 2.24) is 4.90 Å². The standard InChI is InChI=1S/C36H40N2O5/c1-24-32(22-38(3)25(2)33(40)27-10-6-4-7-11-27)42-36(43-34(24)28-16-14-26(23-39)15-17-28)30-18-20-31(21-19-30)37-35(41)29-12-8-5-9-13-29/h4-21,24-25,32-34,36,39-40H,22-23H2,1-3H3,(H,37,41)/t24-,25+,32+,33+,34+,36+/m0/s1. The Balaban J connectivity index is 1.35. The highest BCUT2D eigenvalue weighted by molar-refractivity contribution is 6.04. The van der Waals surface area contributed by atoms with Crippen molar-refractivity contribution in [1.29, 1.82) is 0 Å². The number of aliphatic hydroxyl groups is 2.